The van der Waals surface area contributed by atoms with Gasteiger partial charge in [0, 0.05) is 6.04 Å². The number of hydrogen-bond acceptors (Lipinski definition) is 5. The normalized spacial score (nSPS) is 23.5. The van der Waals surface area contributed by atoms with Gasteiger partial charge in [-0.2, -0.15) is 0 Å². The summed E-state index contributed by atoms with van der Waals surface area (Å²) in [5.41, 5.74) is -0.145. The van der Waals surface area contributed by atoms with Gasteiger partial charge in [-0.25, -0.2) is 12.8 Å². The van der Waals surface area contributed by atoms with Crippen LogP contribution in [0, 0.1) is 5.82 Å². The van der Waals surface area contributed by atoms with Gasteiger partial charge < -0.3 is 10.1 Å². The van der Waals surface area contributed by atoms with Crippen LogP contribution in [0.2, 0.25) is 0 Å². The quantitative estimate of drug-likeness (QED) is 0.778. The summed E-state index contributed by atoms with van der Waals surface area (Å²) < 4.78 is 41.3. The number of halogens is 1. The van der Waals surface area contributed by atoms with Crippen molar-refractivity contribution in [2.45, 2.75) is 43.6 Å². The van der Waals surface area contributed by atoms with Crippen LogP contribution in [0.25, 0.3) is 0 Å². The first-order valence-corrected chi connectivity index (χ1v) is 10.6. The average molecular weight is 383 g/mol. The molecule has 8 heteroatoms. The van der Waals surface area contributed by atoms with E-state index in [1.165, 1.54) is 12.1 Å². The Morgan fingerprint density at radius 2 is 1.85 bits per heavy atom. The molecule has 2 fully saturated rings. The van der Waals surface area contributed by atoms with Crippen LogP contribution < -0.4 is 5.32 Å². The van der Waals surface area contributed by atoms with E-state index in [4.69, 9.17) is 4.74 Å². The average Bonchev–Trinajstić information content (AvgIpc) is 3.21. The van der Waals surface area contributed by atoms with Gasteiger partial charge in [0.15, 0.2) is 16.4 Å². The molecule has 1 N–H and O–H groups in total. The second-order valence-electron chi connectivity index (χ2n) is 7.04. The molecule has 1 aromatic rings. The SMILES string of the molecule is O=C(COC(=O)C1(c2ccc(F)cc2)CCCC1)N[C@H]1CCS(=O)(=O)C1. The third kappa shape index (κ3) is 4.06. The number of benzene rings is 1. The van der Waals surface area contributed by atoms with Crippen molar-refractivity contribution >= 4 is 21.7 Å². The molecule has 1 aromatic carbocycles. The van der Waals surface area contributed by atoms with E-state index < -0.39 is 39.8 Å². The molecule has 2 aliphatic rings. The Bertz CT molecular complexity index is 784. The van der Waals surface area contributed by atoms with E-state index in [0.29, 0.717) is 24.8 Å². The molecule has 3 rings (SSSR count). The van der Waals surface area contributed by atoms with E-state index in [0.717, 1.165) is 12.8 Å². The number of rotatable bonds is 5. The molecule has 6 nitrogen and oxygen atoms in total. The molecule has 1 aliphatic heterocycles. The van der Waals surface area contributed by atoms with Crippen molar-refractivity contribution in [1.29, 1.82) is 0 Å². The van der Waals surface area contributed by atoms with Crippen LogP contribution in [0.5, 0.6) is 0 Å². The molecule has 0 spiro atoms. The maximum Gasteiger partial charge on any atom is 0.317 e. The lowest BCUT2D eigenvalue weighted by Gasteiger charge is -2.27. The van der Waals surface area contributed by atoms with Crippen molar-refractivity contribution < 1.29 is 27.1 Å². The Morgan fingerprint density at radius 1 is 1.19 bits per heavy atom. The number of nitrogens with one attached hydrogen (secondary N) is 1. The van der Waals surface area contributed by atoms with Crippen molar-refractivity contribution in [3.05, 3.63) is 35.6 Å². The van der Waals surface area contributed by atoms with Gasteiger partial charge in [0.2, 0.25) is 0 Å². The highest BCUT2D eigenvalue weighted by Gasteiger charge is 2.44. The number of esters is 1. The van der Waals surface area contributed by atoms with Crippen LogP contribution in [0.1, 0.15) is 37.7 Å². The van der Waals surface area contributed by atoms with Crippen LogP contribution in [-0.2, 0) is 29.6 Å². The van der Waals surface area contributed by atoms with Crippen molar-refractivity contribution in [1.82, 2.24) is 5.32 Å². The van der Waals surface area contributed by atoms with Gasteiger partial charge >= 0.3 is 5.97 Å². The summed E-state index contributed by atoms with van der Waals surface area (Å²) in [5, 5.41) is 2.60. The Labute approximate surface area is 152 Å². The van der Waals surface area contributed by atoms with Gasteiger partial charge in [-0.15, -0.1) is 0 Å². The Kier molecular flexibility index (Phi) is 5.32. The number of amides is 1. The first-order valence-electron chi connectivity index (χ1n) is 8.74. The van der Waals surface area contributed by atoms with E-state index in [1.54, 1.807) is 12.1 Å². The van der Waals surface area contributed by atoms with E-state index >= 15 is 0 Å². The van der Waals surface area contributed by atoms with E-state index in [2.05, 4.69) is 5.32 Å². The minimum absolute atomic E-state index is 0.0609. The van der Waals surface area contributed by atoms with Crippen molar-refractivity contribution in [2.24, 2.45) is 0 Å². The fourth-order valence-corrected chi connectivity index (χ4v) is 5.48. The minimum atomic E-state index is -3.09. The van der Waals surface area contributed by atoms with Gasteiger partial charge in [0.1, 0.15) is 5.82 Å². The summed E-state index contributed by atoms with van der Waals surface area (Å²) in [6, 6.07) is 5.38. The second-order valence-corrected chi connectivity index (χ2v) is 9.27. The minimum Gasteiger partial charge on any atom is -0.455 e. The lowest BCUT2D eigenvalue weighted by atomic mass is 9.79. The fourth-order valence-electron chi connectivity index (χ4n) is 3.81. The van der Waals surface area contributed by atoms with E-state index in [9.17, 15) is 22.4 Å². The maximum atomic E-state index is 13.2. The van der Waals surface area contributed by atoms with Gasteiger partial charge in [0.25, 0.3) is 5.91 Å². The Balaban J connectivity index is 1.60. The summed E-state index contributed by atoms with van der Waals surface area (Å²) >= 11 is 0. The topological polar surface area (TPSA) is 89.5 Å². The predicted octanol–water partition coefficient (Wildman–Crippen LogP) is 1.48. The fraction of sp³-hybridized carbons (Fsp3) is 0.556. The molecular formula is C18H22FNO5S. The van der Waals surface area contributed by atoms with Crippen molar-refractivity contribution in [3.63, 3.8) is 0 Å². The smallest absolute Gasteiger partial charge is 0.317 e. The summed E-state index contributed by atoms with van der Waals surface area (Å²) in [6.45, 7) is -0.446. The maximum absolute atomic E-state index is 13.2. The predicted molar refractivity (Wildman–Crippen MR) is 92.7 cm³/mol. The summed E-state index contributed by atoms with van der Waals surface area (Å²) in [6.07, 6.45) is 3.29. The summed E-state index contributed by atoms with van der Waals surface area (Å²) in [7, 11) is -3.09. The first-order chi connectivity index (χ1) is 12.3. The molecule has 1 amide bonds. The highest BCUT2D eigenvalue weighted by Crippen LogP contribution is 2.42. The molecule has 0 radical (unpaired) electrons. The van der Waals surface area contributed by atoms with E-state index in [-0.39, 0.29) is 17.3 Å². The number of sulfone groups is 1. The van der Waals surface area contributed by atoms with Crippen LogP contribution in [0.3, 0.4) is 0 Å². The molecular weight excluding hydrogens is 361 g/mol. The van der Waals surface area contributed by atoms with Crippen LogP contribution in [0.15, 0.2) is 24.3 Å². The second kappa shape index (κ2) is 7.34. The number of hydrogen-bond donors (Lipinski definition) is 1. The Morgan fingerprint density at radius 3 is 2.42 bits per heavy atom. The third-order valence-corrected chi connectivity index (χ3v) is 6.94. The highest BCUT2D eigenvalue weighted by atomic mass is 32.2. The standard InChI is InChI=1S/C18H22FNO5S/c19-14-5-3-13(4-6-14)18(8-1-2-9-18)17(22)25-11-16(21)20-15-7-10-26(23,24)12-15/h3-6,15H,1-2,7-12H2,(H,20,21)/t15-/m0/s1. The van der Waals surface area contributed by atoms with Crippen LogP contribution >= 0.6 is 0 Å². The van der Waals surface area contributed by atoms with E-state index in [1.807, 2.05) is 0 Å². The number of carbonyl (C=O) groups excluding carboxylic acids is 2. The lowest BCUT2D eigenvalue weighted by molar-refractivity contribution is -0.154. The van der Waals surface area contributed by atoms with Crippen LogP contribution in [-0.4, -0.2) is 44.4 Å². The summed E-state index contributed by atoms with van der Waals surface area (Å²) in [4.78, 5) is 24.7. The highest BCUT2D eigenvalue weighted by molar-refractivity contribution is 7.91. The zero-order chi connectivity index (χ0) is 18.8. The first kappa shape index (κ1) is 18.8. The molecule has 26 heavy (non-hydrogen) atoms. The molecule has 1 saturated heterocycles. The van der Waals surface area contributed by atoms with Crippen LogP contribution in [0.4, 0.5) is 4.39 Å². The van der Waals surface area contributed by atoms with Gasteiger partial charge in [0.05, 0.1) is 16.9 Å². The monoisotopic (exact) mass is 383 g/mol. The largest absolute Gasteiger partial charge is 0.455 e. The third-order valence-electron chi connectivity index (χ3n) is 5.18. The zero-order valence-electron chi connectivity index (χ0n) is 14.4. The molecule has 0 unspecified atom stereocenters. The number of ether oxygens (including phenoxy) is 1. The summed E-state index contributed by atoms with van der Waals surface area (Å²) in [5.74, 6) is -1.39. The molecule has 1 saturated carbocycles. The molecule has 1 atom stereocenters. The van der Waals surface area contributed by atoms with Gasteiger partial charge in [-0.05, 0) is 37.0 Å². The van der Waals surface area contributed by atoms with Crippen molar-refractivity contribution in [2.75, 3.05) is 18.1 Å². The van der Waals surface area contributed by atoms with Gasteiger partial charge in [-0.1, -0.05) is 25.0 Å². The molecule has 1 heterocycles. The molecule has 142 valence electrons. The molecule has 0 aromatic heterocycles. The molecule has 0 bridgehead atoms. The van der Waals surface area contributed by atoms with Crippen molar-refractivity contribution in [3.8, 4) is 0 Å². The Hall–Kier alpha value is -1.96. The van der Waals surface area contributed by atoms with Gasteiger partial charge in [-0.3, -0.25) is 9.59 Å². The zero-order valence-corrected chi connectivity index (χ0v) is 15.2. The molecule has 1 aliphatic carbocycles. The number of carbonyl (C=O) groups is 2. The lowest BCUT2D eigenvalue weighted by Crippen LogP contribution is -2.41.